The monoisotopic (exact) mass is 238 g/mol. The number of nitrogens with zero attached hydrogens (tertiary/aromatic N) is 5. The lowest BCUT2D eigenvalue weighted by Crippen LogP contribution is -2.57. The Labute approximate surface area is 98.0 Å². The van der Waals surface area contributed by atoms with Crippen LogP contribution in [0.4, 0.5) is 0 Å². The van der Waals surface area contributed by atoms with Gasteiger partial charge in [0.1, 0.15) is 18.9 Å². The third kappa shape index (κ3) is 2.40. The predicted molar refractivity (Wildman–Crippen MR) is 56.6 cm³/mol. The molecule has 0 aromatic carbocycles. The molecule has 0 spiro atoms. The summed E-state index contributed by atoms with van der Waals surface area (Å²) in [6.07, 6.45) is 1.98. The van der Waals surface area contributed by atoms with E-state index < -0.39 is 0 Å². The summed E-state index contributed by atoms with van der Waals surface area (Å²) >= 11 is 0. The van der Waals surface area contributed by atoms with E-state index in [1.54, 1.807) is 4.90 Å². The molecule has 8 nitrogen and oxygen atoms in total. The predicted octanol–water partition coefficient (Wildman–Crippen LogP) is -1.59. The van der Waals surface area contributed by atoms with Gasteiger partial charge in [0.15, 0.2) is 0 Å². The lowest BCUT2D eigenvalue weighted by Gasteiger charge is -2.34. The van der Waals surface area contributed by atoms with Crippen molar-refractivity contribution in [1.82, 2.24) is 30.4 Å². The normalized spacial score (nSPS) is 20.2. The highest BCUT2D eigenvalue weighted by atomic mass is 16.2. The summed E-state index contributed by atoms with van der Waals surface area (Å²) < 4.78 is 1.35. The number of carbonyl (C=O) groups is 2. The molecule has 1 saturated heterocycles. The number of tetrazole rings is 1. The van der Waals surface area contributed by atoms with Crippen LogP contribution in [-0.2, 0) is 16.1 Å². The summed E-state index contributed by atoms with van der Waals surface area (Å²) in [5.41, 5.74) is 0. The Hall–Kier alpha value is -1.99. The van der Waals surface area contributed by atoms with Gasteiger partial charge in [-0.25, -0.2) is 4.68 Å². The Balaban J connectivity index is 2.04. The van der Waals surface area contributed by atoms with E-state index in [-0.39, 0.29) is 24.4 Å². The molecule has 1 atom stereocenters. The fourth-order valence-corrected chi connectivity index (χ4v) is 1.90. The van der Waals surface area contributed by atoms with Gasteiger partial charge in [0.05, 0.1) is 0 Å². The van der Waals surface area contributed by atoms with Crippen molar-refractivity contribution >= 4 is 11.8 Å². The largest absolute Gasteiger partial charge is 0.353 e. The van der Waals surface area contributed by atoms with Crippen LogP contribution in [0.25, 0.3) is 0 Å². The summed E-state index contributed by atoms with van der Waals surface area (Å²) in [7, 11) is 0. The highest BCUT2D eigenvalue weighted by Crippen LogP contribution is 2.09. The summed E-state index contributed by atoms with van der Waals surface area (Å²) in [6, 6.07) is -0.382. The van der Waals surface area contributed by atoms with E-state index in [9.17, 15) is 9.59 Å². The second kappa shape index (κ2) is 4.89. The number of nitrogens with one attached hydrogen (secondary N) is 1. The Morgan fingerprint density at radius 1 is 1.65 bits per heavy atom. The molecule has 17 heavy (non-hydrogen) atoms. The standard InChI is InChI=1S/C9H14N6O2/c1-2-7-9(17)10-3-4-15(7)8(16)5-14-6-11-12-13-14/h6-7H,2-5H2,1H3,(H,10,17). The van der Waals surface area contributed by atoms with Gasteiger partial charge in [0.2, 0.25) is 11.8 Å². The number of carbonyl (C=O) groups excluding carboxylic acids is 2. The van der Waals surface area contributed by atoms with Crippen molar-refractivity contribution < 1.29 is 9.59 Å². The molecule has 2 rings (SSSR count). The average molecular weight is 238 g/mol. The molecular formula is C9H14N6O2. The van der Waals surface area contributed by atoms with Crippen LogP contribution in [-0.4, -0.2) is 56.1 Å². The van der Waals surface area contributed by atoms with Gasteiger partial charge in [-0.1, -0.05) is 6.92 Å². The third-order valence-corrected chi connectivity index (χ3v) is 2.73. The van der Waals surface area contributed by atoms with E-state index >= 15 is 0 Å². The van der Waals surface area contributed by atoms with E-state index in [1.165, 1.54) is 11.0 Å². The molecule has 92 valence electrons. The minimum atomic E-state index is -0.382. The topological polar surface area (TPSA) is 93.0 Å². The molecule has 2 amide bonds. The first-order chi connectivity index (χ1) is 8.22. The van der Waals surface area contributed by atoms with Crippen molar-refractivity contribution in [2.24, 2.45) is 0 Å². The maximum atomic E-state index is 12.0. The van der Waals surface area contributed by atoms with Crippen LogP contribution in [0.2, 0.25) is 0 Å². The molecule has 0 aliphatic carbocycles. The quantitative estimate of drug-likeness (QED) is 0.685. The molecule has 1 unspecified atom stereocenters. The van der Waals surface area contributed by atoms with Gasteiger partial charge < -0.3 is 10.2 Å². The second-order valence-corrected chi connectivity index (χ2v) is 3.81. The first-order valence-corrected chi connectivity index (χ1v) is 5.50. The Morgan fingerprint density at radius 3 is 3.12 bits per heavy atom. The number of aromatic nitrogens is 4. The highest BCUT2D eigenvalue weighted by Gasteiger charge is 2.31. The maximum Gasteiger partial charge on any atom is 0.245 e. The number of hydrogen-bond donors (Lipinski definition) is 1. The molecule has 0 bridgehead atoms. The Morgan fingerprint density at radius 2 is 2.47 bits per heavy atom. The third-order valence-electron chi connectivity index (χ3n) is 2.73. The van der Waals surface area contributed by atoms with Crippen LogP contribution < -0.4 is 5.32 Å². The molecule has 1 N–H and O–H groups in total. The van der Waals surface area contributed by atoms with E-state index in [0.717, 1.165) is 0 Å². The van der Waals surface area contributed by atoms with Gasteiger partial charge in [-0.15, -0.1) is 5.10 Å². The summed E-state index contributed by atoms with van der Waals surface area (Å²) in [4.78, 5) is 25.2. The zero-order valence-electron chi connectivity index (χ0n) is 9.54. The van der Waals surface area contributed by atoms with Crippen molar-refractivity contribution in [2.45, 2.75) is 25.9 Å². The van der Waals surface area contributed by atoms with E-state index in [4.69, 9.17) is 0 Å². The molecule has 1 fully saturated rings. The molecule has 8 heteroatoms. The number of rotatable bonds is 3. The first-order valence-electron chi connectivity index (χ1n) is 5.50. The number of hydrogen-bond acceptors (Lipinski definition) is 5. The van der Waals surface area contributed by atoms with Crippen LogP contribution in [0.5, 0.6) is 0 Å². The van der Waals surface area contributed by atoms with Gasteiger partial charge in [-0.3, -0.25) is 9.59 Å². The van der Waals surface area contributed by atoms with Gasteiger partial charge in [-0.2, -0.15) is 0 Å². The van der Waals surface area contributed by atoms with E-state index in [2.05, 4.69) is 20.8 Å². The maximum absolute atomic E-state index is 12.0. The van der Waals surface area contributed by atoms with Gasteiger partial charge in [-0.05, 0) is 16.8 Å². The number of piperazine rings is 1. The van der Waals surface area contributed by atoms with E-state index in [0.29, 0.717) is 19.5 Å². The molecule has 1 aliphatic rings. The van der Waals surface area contributed by atoms with Crippen molar-refractivity contribution in [3.05, 3.63) is 6.33 Å². The molecule has 2 heterocycles. The molecule has 0 saturated carbocycles. The molecule has 1 aromatic rings. The zero-order chi connectivity index (χ0) is 12.3. The fourth-order valence-electron chi connectivity index (χ4n) is 1.90. The Bertz CT molecular complexity index is 404. The molecular weight excluding hydrogens is 224 g/mol. The van der Waals surface area contributed by atoms with Crippen molar-refractivity contribution in [3.63, 3.8) is 0 Å². The fraction of sp³-hybridized carbons (Fsp3) is 0.667. The average Bonchev–Trinajstić information content (AvgIpc) is 2.81. The van der Waals surface area contributed by atoms with Crippen LogP contribution >= 0.6 is 0 Å². The SMILES string of the molecule is CCC1C(=O)NCCN1C(=O)Cn1cnnn1. The molecule has 1 aromatic heterocycles. The minimum absolute atomic E-state index is 0.0662. The summed E-state index contributed by atoms with van der Waals surface area (Å²) in [5.74, 6) is -0.234. The minimum Gasteiger partial charge on any atom is -0.353 e. The second-order valence-electron chi connectivity index (χ2n) is 3.81. The van der Waals surface area contributed by atoms with Crippen molar-refractivity contribution in [1.29, 1.82) is 0 Å². The molecule has 0 radical (unpaired) electrons. The van der Waals surface area contributed by atoms with Crippen molar-refractivity contribution in [3.8, 4) is 0 Å². The van der Waals surface area contributed by atoms with Crippen LogP contribution in [0.3, 0.4) is 0 Å². The van der Waals surface area contributed by atoms with Crippen molar-refractivity contribution in [2.75, 3.05) is 13.1 Å². The lowest BCUT2D eigenvalue weighted by atomic mass is 10.1. The summed E-state index contributed by atoms with van der Waals surface area (Å²) in [6.45, 7) is 2.98. The van der Waals surface area contributed by atoms with E-state index in [1.807, 2.05) is 6.92 Å². The van der Waals surface area contributed by atoms with Crippen LogP contribution in [0.1, 0.15) is 13.3 Å². The van der Waals surface area contributed by atoms with Crippen LogP contribution in [0, 0.1) is 0 Å². The van der Waals surface area contributed by atoms with Gasteiger partial charge >= 0.3 is 0 Å². The van der Waals surface area contributed by atoms with Crippen LogP contribution in [0.15, 0.2) is 6.33 Å². The van der Waals surface area contributed by atoms with Gasteiger partial charge in [0.25, 0.3) is 0 Å². The summed E-state index contributed by atoms with van der Waals surface area (Å²) in [5, 5.41) is 13.3. The molecule has 1 aliphatic heterocycles. The zero-order valence-corrected chi connectivity index (χ0v) is 9.54. The Kier molecular flexibility index (Phi) is 3.31. The highest BCUT2D eigenvalue weighted by molar-refractivity contribution is 5.88. The first kappa shape index (κ1) is 11.5. The van der Waals surface area contributed by atoms with Gasteiger partial charge in [0, 0.05) is 13.1 Å². The smallest absolute Gasteiger partial charge is 0.245 e. The number of amides is 2. The lowest BCUT2D eigenvalue weighted by molar-refractivity contribution is -0.143.